The van der Waals surface area contributed by atoms with E-state index >= 15 is 0 Å². The van der Waals surface area contributed by atoms with Crippen molar-refractivity contribution in [3.8, 4) is 0 Å². The molecule has 2 atom stereocenters. The minimum Gasteiger partial charge on any atom is -0.147 e. The van der Waals surface area contributed by atoms with Crippen LogP contribution in [0.25, 0.3) is 0 Å². The fourth-order valence-corrected chi connectivity index (χ4v) is 4.13. The zero-order chi connectivity index (χ0) is 8.55. The molecule has 1 fully saturated rings. The minimum atomic E-state index is 0.361. The Hall–Kier alpha value is 0.470. The molecule has 2 rings (SSSR count). The van der Waals surface area contributed by atoms with Crippen LogP contribution in [0.1, 0.15) is 30.1 Å². The van der Waals surface area contributed by atoms with Crippen LogP contribution in [0.15, 0.2) is 15.9 Å². The summed E-state index contributed by atoms with van der Waals surface area (Å²) in [6, 6.07) is 2.11. The van der Waals surface area contributed by atoms with E-state index in [1.807, 2.05) is 11.3 Å². The first-order chi connectivity index (χ1) is 5.79. The SMILES string of the molecule is ClC1CCCC1c1sccc1Br. The molecule has 2 unspecified atom stereocenters. The Bertz CT molecular complexity index is 271. The van der Waals surface area contributed by atoms with Gasteiger partial charge in [-0.1, -0.05) is 6.42 Å². The molecule has 1 aromatic rings. The third-order valence-corrected chi connectivity index (χ3v) is 4.94. The van der Waals surface area contributed by atoms with Gasteiger partial charge in [0.25, 0.3) is 0 Å². The van der Waals surface area contributed by atoms with Gasteiger partial charge in [0.15, 0.2) is 0 Å². The van der Waals surface area contributed by atoms with Crippen LogP contribution in [-0.4, -0.2) is 5.38 Å². The predicted molar refractivity (Wildman–Crippen MR) is 58.3 cm³/mol. The van der Waals surface area contributed by atoms with Crippen LogP contribution in [0.4, 0.5) is 0 Å². The van der Waals surface area contributed by atoms with Crippen molar-refractivity contribution >= 4 is 38.9 Å². The lowest BCUT2D eigenvalue weighted by molar-refractivity contribution is 0.742. The van der Waals surface area contributed by atoms with Crippen LogP contribution in [0.3, 0.4) is 0 Å². The quantitative estimate of drug-likeness (QED) is 0.661. The molecule has 1 heterocycles. The number of thiophene rings is 1. The van der Waals surface area contributed by atoms with Crippen molar-refractivity contribution in [2.75, 3.05) is 0 Å². The maximum atomic E-state index is 6.23. The molecule has 0 aromatic carbocycles. The fourth-order valence-electron chi connectivity index (χ4n) is 1.78. The second-order valence-electron chi connectivity index (χ2n) is 3.19. The fraction of sp³-hybridized carbons (Fsp3) is 0.556. The number of halogens is 2. The summed E-state index contributed by atoms with van der Waals surface area (Å²) in [6.45, 7) is 0. The molecule has 0 radical (unpaired) electrons. The van der Waals surface area contributed by atoms with Gasteiger partial charge in [-0.2, -0.15) is 0 Å². The molecular formula is C9H10BrClS. The van der Waals surface area contributed by atoms with E-state index in [1.54, 1.807) is 0 Å². The van der Waals surface area contributed by atoms with Gasteiger partial charge in [-0.15, -0.1) is 22.9 Å². The van der Waals surface area contributed by atoms with E-state index in [4.69, 9.17) is 11.6 Å². The highest BCUT2D eigenvalue weighted by atomic mass is 79.9. The summed E-state index contributed by atoms with van der Waals surface area (Å²) in [6.07, 6.45) is 3.72. The first-order valence-corrected chi connectivity index (χ1v) is 6.27. The molecule has 0 nitrogen and oxygen atoms in total. The van der Waals surface area contributed by atoms with Gasteiger partial charge >= 0.3 is 0 Å². The normalized spacial score (nSPS) is 29.5. The molecule has 1 aliphatic carbocycles. The summed E-state index contributed by atoms with van der Waals surface area (Å²) < 4.78 is 1.24. The van der Waals surface area contributed by atoms with Crippen molar-refractivity contribution in [2.24, 2.45) is 0 Å². The van der Waals surface area contributed by atoms with E-state index in [0.29, 0.717) is 11.3 Å². The summed E-state index contributed by atoms with van der Waals surface area (Å²) in [7, 11) is 0. The third kappa shape index (κ3) is 1.57. The smallest absolute Gasteiger partial charge is 0.0412 e. The molecule has 0 spiro atoms. The van der Waals surface area contributed by atoms with Crippen LogP contribution in [-0.2, 0) is 0 Å². The Morgan fingerprint density at radius 2 is 2.33 bits per heavy atom. The molecule has 12 heavy (non-hydrogen) atoms. The van der Waals surface area contributed by atoms with Crippen molar-refractivity contribution in [2.45, 2.75) is 30.6 Å². The highest BCUT2D eigenvalue weighted by Gasteiger charge is 2.28. The van der Waals surface area contributed by atoms with Gasteiger partial charge in [0.2, 0.25) is 0 Å². The molecule has 1 aromatic heterocycles. The maximum absolute atomic E-state index is 6.23. The molecule has 0 bridgehead atoms. The minimum absolute atomic E-state index is 0.361. The van der Waals surface area contributed by atoms with Gasteiger partial charge in [-0.25, -0.2) is 0 Å². The van der Waals surface area contributed by atoms with E-state index < -0.39 is 0 Å². The van der Waals surface area contributed by atoms with Gasteiger partial charge in [-0.05, 0) is 40.2 Å². The summed E-state index contributed by atoms with van der Waals surface area (Å²) in [5.74, 6) is 0.598. The summed E-state index contributed by atoms with van der Waals surface area (Å²) in [5.41, 5.74) is 0. The van der Waals surface area contributed by atoms with E-state index in [9.17, 15) is 0 Å². The Morgan fingerprint density at radius 1 is 1.50 bits per heavy atom. The van der Waals surface area contributed by atoms with Crippen LogP contribution < -0.4 is 0 Å². The van der Waals surface area contributed by atoms with Crippen molar-refractivity contribution in [3.63, 3.8) is 0 Å². The summed E-state index contributed by atoms with van der Waals surface area (Å²) >= 11 is 11.6. The molecule has 3 heteroatoms. The van der Waals surface area contributed by atoms with E-state index in [1.165, 1.54) is 28.6 Å². The molecule has 1 saturated carbocycles. The molecule has 66 valence electrons. The third-order valence-electron chi connectivity index (χ3n) is 2.41. The molecule has 1 aliphatic rings. The van der Waals surface area contributed by atoms with Crippen LogP contribution in [0, 0.1) is 0 Å². The summed E-state index contributed by atoms with van der Waals surface area (Å²) in [5, 5.41) is 2.49. The Labute approximate surface area is 90.1 Å². The standard InChI is InChI=1S/C9H10BrClS/c10-7-4-5-12-9(7)6-2-1-3-8(6)11/h4-6,8H,1-3H2. The van der Waals surface area contributed by atoms with E-state index in [0.717, 1.165) is 0 Å². The Kier molecular flexibility index (Phi) is 2.78. The molecule has 0 aliphatic heterocycles. The molecule has 0 saturated heterocycles. The largest absolute Gasteiger partial charge is 0.147 e. The van der Waals surface area contributed by atoms with Crippen molar-refractivity contribution < 1.29 is 0 Å². The van der Waals surface area contributed by atoms with Crippen molar-refractivity contribution in [3.05, 3.63) is 20.8 Å². The second-order valence-corrected chi connectivity index (χ2v) is 5.55. The molecule has 0 N–H and O–H groups in total. The average molecular weight is 266 g/mol. The van der Waals surface area contributed by atoms with Crippen molar-refractivity contribution in [1.29, 1.82) is 0 Å². The second kappa shape index (κ2) is 3.69. The first-order valence-electron chi connectivity index (χ1n) is 4.16. The average Bonchev–Trinajstić information content (AvgIpc) is 2.59. The number of rotatable bonds is 1. The lowest BCUT2D eigenvalue weighted by Gasteiger charge is -2.11. The number of hydrogen-bond acceptors (Lipinski definition) is 1. The van der Waals surface area contributed by atoms with Crippen molar-refractivity contribution in [1.82, 2.24) is 0 Å². The van der Waals surface area contributed by atoms with E-state index in [2.05, 4.69) is 27.4 Å². The first kappa shape index (κ1) is 9.04. The topological polar surface area (TPSA) is 0 Å². The van der Waals surface area contributed by atoms with Crippen LogP contribution in [0.2, 0.25) is 0 Å². The highest BCUT2D eigenvalue weighted by molar-refractivity contribution is 9.10. The van der Waals surface area contributed by atoms with Gasteiger partial charge in [0.1, 0.15) is 0 Å². The lowest BCUT2D eigenvalue weighted by atomic mass is 10.1. The summed E-state index contributed by atoms with van der Waals surface area (Å²) in [4.78, 5) is 1.44. The maximum Gasteiger partial charge on any atom is 0.0412 e. The Balaban J connectivity index is 2.24. The molecular weight excluding hydrogens is 256 g/mol. The van der Waals surface area contributed by atoms with Gasteiger partial charge in [-0.3, -0.25) is 0 Å². The zero-order valence-corrected chi connectivity index (χ0v) is 9.75. The van der Waals surface area contributed by atoms with Crippen LogP contribution in [0.5, 0.6) is 0 Å². The Morgan fingerprint density at radius 3 is 2.83 bits per heavy atom. The lowest BCUT2D eigenvalue weighted by Crippen LogP contribution is -2.02. The van der Waals surface area contributed by atoms with Gasteiger partial charge in [0, 0.05) is 20.6 Å². The van der Waals surface area contributed by atoms with Gasteiger partial charge < -0.3 is 0 Å². The predicted octanol–water partition coefficient (Wildman–Crippen LogP) is 4.39. The monoisotopic (exact) mass is 264 g/mol. The van der Waals surface area contributed by atoms with Crippen LogP contribution >= 0.6 is 38.9 Å². The van der Waals surface area contributed by atoms with Gasteiger partial charge in [0.05, 0.1) is 0 Å². The van der Waals surface area contributed by atoms with E-state index in [-0.39, 0.29) is 0 Å². The number of alkyl halides is 1. The molecule has 0 amide bonds. The zero-order valence-electron chi connectivity index (χ0n) is 6.59. The number of hydrogen-bond donors (Lipinski definition) is 0. The highest BCUT2D eigenvalue weighted by Crippen LogP contribution is 2.43.